The van der Waals surface area contributed by atoms with E-state index in [-0.39, 0.29) is 0 Å². The zero-order valence-electron chi connectivity index (χ0n) is 8.93. The average molecular weight is 187 g/mol. The van der Waals surface area contributed by atoms with Crippen LogP contribution in [0.5, 0.6) is 0 Å². The number of nitrogens with one attached hydrogen (secondary N) is 1. The van der Waals surface area contributed by atoms with E-state index in [1.165, 1.54) is 0 Å². The molecule has 0 saturated carbocycles. The minimum absolute atomic E-state index is 0.376. The predicted molar refractivity (Wildman–Crippen MR) is 52.9 cm³/mol. The van der Waals surface area contributed by atoms with Crippen LogP contribution in [0.1, 0.15) is 20.3 Å². The third kappa shape index (κ3) is 3.63. The maximum Gasteiger partial charge on any atom is 0.0554 e. The van der Waals surface area contributed by atoms with Crippen LogP contribution in [0.15, 0.2) is 0 Å². The van der Waals surface area contributed by atoms with Gasteiger partial charge >= 0.3 is 0 Å². The van der Waals surface area contributed by atoms with Gasteiger partial charge in [0.15, 0.2) is 0 Å². The standard InChI is InChI=1S/C10H21NO2/c1-9(4-5-12-3)11-6-10(2)7-13-8-10/h9,11H,4-8H2,1-3H3. The first kappa shape index (κ1) is 11.0. The Balaban J connectivity index is 2.03. The van der Waals surface area contributed by atoms with Gasteiger partial charge < -0.3 is 14.8 Å². The Morgan fingerprint density at radius 1 is 1.54 bits per heavy atom. The third-order valence-electron chi connectivity index (χ3n) is 2.53. The molecule has 0 amide bonds. The molecule has 1 unspecified atom stereocenters. The fraction of sp³-hybridized carbons (Fsp3) is 1.00. The molecule has 0 bridgehead atoms. The fourth-order valence-corrected chi connectivity index (χ4v) is 1.37. The summed E-state index contributed by atoms with van der Waals surface area (Å²) in [5.74, 6) is 0. The van der Waals surface area contributed by atoms with Crippen LogP contribution in [0.4, 0.5) is 0 Å². The molecule has 1 saturated heterocycles. The minimum Gasteiger partial charge on any atom is -0.385 e. The van der Waals surface area contributed by atoms with E-state index < -0.39 is 0 Å². The number of methoxy groups -OCH3 is 1. The molecule has 1 atom stereocenters. The van der Waals surface area contributed by atoms with Gasteiger partial charge in [-0.3, -0.25) is 0 Å². The Morgan fingerprint density at radius 2 is 2.23 bits per heavy atom. The monoisotopic (exact) mass is 187 g/mol. The molecule has 78 valence electrons. The number of hydrogen-bond acceptors (Lipinski definition) is 3. The zero-order chi connectivity index (χ0) is 9.73. The van der Waals surface area contributed by atoms with Gasteiger partial charge in [0.05, 0.1) is 13.2 Å². The van der Waals surface area contributed by atoms with Crippen LogP contribution in [0.2, 0.25) is 0 Å². The van der Waals surface area contributed by atoms with E-state index in [1.54, 1.807) is 7.11 Å². The molecular formula is C10H21NO2. The van der Waals surface area contributed by atoms with E-state index in [4.69, 9.17) is 9.47 Å². The van der Waals surface area contributed by atoms with Crippen LogP contribution < -0.4 is 5.32 Å². The molecule has 3 heteroatoms. The van der Waals surface area contributed by atoms with Crippen LogP contribution in [0, 0.1) is 5.41 Å². The van der Waals surface area contributed by atoms with Crippen molar-refractivity contribution < 1.29 is 9.47 Å². The van der Waals surface area contributed by atoms with Crippen molar-refractivity contribution in [2.24, 2.45) is 5.41 Å². The Hall–Kier alpha value is -0.120. The first-order valence-electron chi connectivity index (χ1n) is 4.96. The summed E-state index contributed by atoms with van der Waals surface area (Å²) in [6, 6.07) is 0.539. The van der Waals surface area contributed by atoms with E-state index in [9.17, 15) is 0 Å². The predicted octanol–water partition coefficient (Wildman–Crippen LogP) is 1.04. The molecule has 1 aliphatic heterocycles. The van der Waals surface area contributed by atoms with Gasteiger partial charge in [-0.25, -0.2) is 0 Å². The third-order valence-corrected chi connectivity index (χ3v) is 2.53. The second kappa shape index (κ2) is 4.94. The van der Waals surface area contributed by atoms with Crippen LogP contribution in [-0.4, -0.2) is 39.5 Å². The van der Waals surface area contributed by atoms with Crippen molar-refractivity contribution in [3.63, 3.8) is 0 Å². The summed E-state index contributed by atoms with van der Waals surface area (Å²) in [4.78, 5) is 0. The van der Waals surface area contributed by atoms with Crippen LogP contribution in [0.25, 0.3) is 0 Å². The van der Waals surface area contributed by atoms with E-state index in [0.717, 1.165) is 32.8 Å². The molecule has 1 heterocycles. The quantitative estimate of drug-likeness (QED) is 0.674. The van der Waals surface area contributed by atoms with Crippen molar-refractivity contribution in [2.45, 2.75) is 26.3 Å². The molecule has 0 aliphatic carbocycles. The van der Waals surface area contributed by atoms with E-state index in [1.807, 2.05) is 0 Å². The first-order valence-corrected chi connectivity index (χ1v) is 4.96. The summed E-state index contributed by atoms with van der Waals surface area (Å²) < 4.78 is 10.2. The van der Waals surface area contributed by atoms with Gasteiger partial charge in [0.1, 0.15) is 0 Å². The van der Waals surface area contributed by atoms with Crippen LogP contribution in [-0.2, 0) is 9.47 Å². The Morgan fingerprint density at radius 3 is 2.69 bits per heavy atom. The van der Waals surface area contributed by atoms with Gasteiger partial charge in [-0.2, -0.15) is 0 Å². The van der Waals surface area contributed by atoms with Crippen molar-refractivity contribution >= 4 is 0 Å². The zero-order valence-corrected chi connectivity index (χ0v) is 8.93. The second-order valence-corrected chi connectivity index (χ2v) is 4.37. The molecule has 1 rings (SSSR count). The highest BCUT2D eigenvalue weighted by Gasteiger charge is 2.32. The summed E-state index contributed by atoms with van der Waals surface area (Å²) >= 11 is 0. The normalized spacial score (nSPS) is 22.4. The molecule has 1 fully saturated rings. The molecular weight excluding hydrogens is 166 g/mol. The van der Waals surface area contributed by atoms with Crippen molar-refractivity contribution in [1.82, 2.24) is 5.32 Å². The SMILES string of the molecule is COCCC(C)NCC1(C)COC1. The Bertz CT molecular complexity index is 146. The lowest BCUT2D eigenvalue weighted by Gasteiger charge is -2.39. The topological polar surface area (TPSA) is 30.5 Å². The summed E-state index contributed by atoms with van der Waals surface area (Å²) in [5, 5.41) is 3.50. The van der Waals surface area contributed by atoms with Crippen molar-refractivity contribution in [2.75, 3.05) is 33.5 Å². The highest BCUT2D eigenvalue weighted by molar-refractivity contribution is 4.83. The average Bonchev–Trinajstić information content (AvgIpc) is 2.08. The molecule has 3 nitrogen and oxygen atoms in total. The van der Waals surface area contributed by atoms with Gasteiger partial charge in [0.2, 0.25) is 0 Å². The highest BCUT2D eigenvalue weighted by Crippen LogP contribution is 2.25. The van der Waals surface area contributed by atoms with E-state index in [0.29, 0.717) is 11.5 Å². The summed E-state index contributed by atoms with van der Waals surface area (Å²) in [6.07, 6.45) is 1.08. The molecule has 13 heavy (non-hydrogen) atoms. The van der Waals surface area contributed by atoms with Gasteiger partial charge in [-0.1, -0.05) is 6.92 Å². The van der Waals surface area contributed by atoms with Gasteiger partial charge in [0.25, 0.3) is 0 Å². The molecule has 0 aromatic carbocycles. The van der Waals surface area contributed by atoms with Crippen molar-refractivity contribution in [3.05, 3.63) is 0 Å². The lowest BCUT2D eigenvalue weighted by Crippen LogP contribution is -2.49. The van der Waals surface area contributed by atoms with Crippen LogP contribution in [0.3, 0.4) is 0 Å². The molecule has 0 aromatic heterocycles. The molecule has 0 radical (unpaired) electrons. The van der Waals surface area contributed by atoms with Gasteiger partial charge in [-0.15, -0.1) is 0 Å². The van der Waals surface area contributed by atoms with Crippen molar-refractivity contribution in [3.8, 4) is 0 Å². The lowest BCUT2D eigenvalue weighted by molar-refractivity contribution is -0.1000. The lowest BCUT2D eigenvalue weighted by atomic mass is 9.88. The highest BCUT2D eigenvalue weighted by atomic mass is 16.5. The summed E-state index contributed by atoms with van der Waals surface area (Å²) in [7, 11) is 1.74. The number of hydrogen-bond donors (Lipinski definition) is 1. The maximum atomic E-state index is 5.19. The smallest absolute Gasteiger partial charge is 0.0554 e. The largest absolute Gasteiger partial charge is 0.385 e. The summed E-state index contributed by atoms with van der Waals surface area (Å²) in [6.45, 7) is 8.14. The second-order valence-electron chi connectivity index (χ2n) is 4.37. The van der Waals surface area contributed by atoms with Gasteiger partial charge in [0, 0.05) is 31.7 Å². The van der Waals surface area contributed by atoms with Crippen molar-refractivity contribution in [1.29, 1.82) is 0 Å². The Labute approximate surface area is 80.8 Å². The van der Waals surface area contributed by atoms with Crippen LogP contribution >= 0.6 is 0 Å². The number of rotatable bonds is 6. The Kier molecular flexibility index (Phi) is 4.16. The fourth-order valence-electron chi connectivity index (χ4n) is 1.37. The molecule has 0 spiro atoms. The molecule has 0 aromatic rings. The van der Waals surface area contributed by atoms with E-state index >= 15 is 0 Å². The maximum absolute atomic E-state index is 5.19. The molecule has 1 N–H and O–H groups in total. The molecule has 1 aliphatic rings. The summed E-state index contributed by atoms with van der Waals surface area (Å²) in [5.41, 5.74) is 0.376. The van der Waals surface area contributed by atoms with Gasteiger partial charge in [-0.05, 0) is 13.3 Å². The minimum atomic E-state index is 0.376. The number of ether oxygens (including phenoxy) is 2. The van der Waals surface area contributed by atoms with E-state index in [2.05, 4.69) is 19.2 Å². The first-order chi connectivity index (χ1) is 6.16.